The van der Waals surface area contributed by atoms with Crippen molar-refractivity contribution >= 4 is 23.4 Å². The number of rotatable bonds is 6. The van der Waals surface area contributed by atoms with Crippen LogP contribution in [0.4, 0.5) is 10.5 Å². The number of ether oxygens (including phenoxy) is 2. The van der Waals surface area contributed by atoms with E-state index in [1.54, 1.807) is 37.3 Å². The molecule has 2 aromatic carbocycles. The Kier molecular flexibility index (Phi) is 5.77. The average Bonchev–Trinajstić information content (AvgIpc) is 2.73. The SMILES string of the molecule is CCOC(=O)C1=C(c2ccc(OC)cc2)NC(=O)NC1c1cccc([N+](=O)[O-])c1. The number of carbonyl (C=O) groups excluding carboxylic acids is 2. The predicted octanol–water partition coefficient (Wildman–Crippen LogP) is 2.93. The van der Waals surface area contributed by atoms with Crippen molar-refractivity contribution in [2.24, 2.45) is 0 Å². The lowest BCUT2D eigenvalue weighted by Gasteiger charge is -2.29. The molecule has 2 aromatic rings. The topological polar surface area (TPSA) is 120 Å². The second-order valence-corrected chi connectivity index (χ2v) is 6.12. The maximum absolute atomic E-state index is 12.8. The van der Waals surface area contributed by atoms with Crippen LogP contribution in [0.15, 0.2) is 54.1 Å². The summed E-state index contributed by atoms with van der Waals surface area (Å²) >= 11 is 0. The van der Waals surface area contributed by atoms with Crippen molar-refractivity contribution in [3.8, 4) is 5.75 Å². The summed E-state index contributed by atoms with van der Waals surface area (Å²) in [6, 6.07) is 11.1. The van der Waals surface area contributed by atoms with Gasteiger partial charge >= 0.3 is 12.0 Å². The average molecular weight is 397 g/mol. The van der Waals surface area contributed by atoms with Gasteiger partial charge in [-0.1, -0.05) is 12.1 Å². The second kappa shape index (κ2) is 8.42. The number of amides is 2. The molecule has 1 aliphatic rings. The smallest absolute Gasteiger partial charge is 0.338 e. The molecule has 1 aliphatic heterocycles. The number of esters is 1. The fourth-order valence-electron chi connectivity index (χ4n) is 3.05. The lowest BCUT2D eigenvalue weighted by molar-refractivity contribution is -0.384. The Balaban J connectivity index is 2.17. The summed E-state index contributed by atoms with van der Waals surface area (Å²) < 4.78 is 10.3. The molecular weight excluding hydrogens is 378 g/mol. The summed E-state index contributed by atoms with van der Waals surface area (Å²) in [6.07, 6.45) is 0. The molecule has 1 atom stereocenters. The zero-order valence-corrected chi connectivity index (χ0v) is 15.8. The van der Waals surface area contributed by atoms with E-state index in [4.69, 9.17) is 9.47 Å². The molecule has 0 aliphatic carbocycles. The van der Waals surface area contributed by atoms with Crippen molar-refractivity contribution < 1.29 is 24.0 Å². The zero-order chi connectivity index (χ0) is 21.0. The van der Waals surface area contributed by atoms with Gasteiger partial charge in [0.05, 0.1) is 36.0 Å². The first kappa shape index (κ1) is 19.9. The van der Waals surface area contributed by atoms with Crippen molar-refractivity contribution in [3.63, 3.8) is 0 Å². The van der Waals surface area contributed by atoms with Gasteiger partial charge in [0.1, 0.15) is 5.75 Å². The van der Waals surface area contributed by atoms with Crippen LogP contribution in [-0.2, 0) is 9.53 Å². The molecule has 0 saturated carbocycles. The maximum Gasteiger partial charge on any atom is 0.338 e. The van der Waals surface area contributed by atoms with Crippen LogP contribution >= 0.6 is 0 Å². The molecule has 2 amide bonds. The second-order valence-electron chi connectivity index (χ2n) is 6.12. The van der Waals surface area contributed by atoms with E-state index in [0.717, 1.165) is 0 Å². The molecule has 0 fully saturated rings. The number of benzene rings is 2. The third kappa shape index (κ3) is 4.18. The number of urea groups is 1. The predicted molar refractivity (Wildman–Crippen MR) is 104 cm³/mol. The zero-order valence-electron chi connectivity index (χ0n) is 15.8. The third-order valence-electron chi connectivity index (χ3n) is 4.36. The Morgan fingerprint density at radius 2 is 1.93 bits per heavy atom. The molecule has 9 nitrogen and oxygen atoms in total. The van der Waals surface area contributed by atoms with Gasteiger partial charge in [-0.2, -0.15) is 0 Å². The van der Waals surface area contributed by atoms with E-state index in [-0.39, 0.29) is 23.6 Å². The number of nitro benzene ring substituents is 1. The number of nitro groups is 1. The Morgan fingerprint density at radius 1 is 1.21 bits per heavy atom. The van der Waals surface area contributed by atoms with Crippen molar-refractivity contribution in [1.29, 1.82) is 0 Å². The van der Waals surface area contributed by atoms with E-state index in [2.05, 4.69) is 10.6 Å². The van der Waals surface area contributed by atoms with E-state index < -0.39 is 23.0 Å². The van der Waals surface area contributed by atoms with E-state index in [9.17, 15) is 19.7 Å². The Hall–Kier alpha value is -3.88. The molecule has 9 heteroatoms. The van der Waals surface area contributed by atoms with Crippen LogP contribution in [0.3, 0.4) is 0 Å². The van der Waals surface area contributed by atoms with Crippen molar-refractivity contribution in [3.05, 3.63) is 75.3 Å². The van der Waals surface area contributed by atoms with Crippen LogP contribution in [0.2, 0.25) is 0 Å². The molecule has 0 bridgehead atoms. The van der Waals surface area contributed by atoms with Crippen molar-refractivity contribution in [2.45, 2.75) is 13.0 Å². The normalized spacial score (nSPS) is 15.9. The van der Waals surface area contributed by atoms with Gasteiger partial charge in [-0.05, 0) is 42.3 Å². The number of hydrogen-bond acceptors (Lipinski definition) is 6. The number of methoxy groups -OCH3 is 1. The first-order valence-electron chi connectivity index (χ1n) is 8.82. The summed E-state index contributed by atoms with van der Waals surface area (Å²) in [4.78, 5) is 35.7. The first-order valence-corrected chi connectivity index (χ1v) is 8.82. The Morgan fingerprint density at radius 3 is 2.55 bits per heavy atom. The molecule has 1 unspecified atom stereocenters. The highest BCUT2D eigenvalue weighted by atomic mass is 16.6. The van der Waals surface area contributed by atoms with E-state index in [1.165, 1.54) is 25.3 Å². The molecule has 0 saturated heterocycles. The van der Waals surface area contributed by atoms with Crippen LogP contribution in [0, 0.1) is 10.1 Å². The van der Waals surface area contributed by atoms with Crippen molar-refractivity contribution in [2.75, 3.05) is 13.7 Å². The number of carbonyl (C=O) groups is 2. The largest absolute Gasteiger partial charge is 0.497 e. The number of nitrogens with one attached hydrogen (secondary N) is 2. The molecule has 29 heavy (non-hydrogen) atoms. The van der Waals surface area contributed by atoms with E-state index >= 15 is 0 Å². The van der Waals surface area contributed by atoms with Crippen LogP contribution in [0.5, 0.6) is 5.75 Å². The van der Waals surface area contributed by atoms with Gasteiger partial charge in [-0.25, -0.2) is 9.59 Å². The summed E-state index contributed by atoms with van der Waals surface area (Å²) in [7, 11) is 1.53. The van der Waals surface area contributed by atoms with Crippen molar-refractivity contribution in [1.82, 2.24) is 10.6 Å². The van der Waals surface area contributed by atoms with Gasteiger partial charge in [0.15, 0.2) is 0 Å². The Labute approximate surface area is 166 Å². The third-order valence-corrected chi connectivity index (χ3v) is 4.36. The van der Waals surface area contributed by atoms with Gasteiger partial charge in [0.25, 0.3) is 5.69 Å². The minimum absolute atomic E-state index is 0.133. The number of nitrogens with zero attached hydrogens (tertiary/aromatic N) is 1. The van der Waals surface area contributed by atoms with Gasteiger partial charge in [0.2, 0.25) is 0 Å². The monoisotopic (exact) mass is 397 g/mol. The molecule has 0 radical (unpaired) electrons. The minimum atomic E-state index is -0.917. The molecule has 2 N–H and O–H groups in total. The molecule has 3 rings (SSSR count). The number of non-ortho nitro benzene ring substituents is 1. The minimum Gasteiger partial charge on any atom is -0.497 e. The lowest BCUT2D eigenvalue weighted by Crippen LogP contribution is -2.45. The molecular formula is C20H19N3O6. The van der Waals surface area contributed by atoms with Crippen LogP contribution in [0.1, 0.15) is 24.1 Å². The van der Waals surface area contributed by atoms with Crippen LogP contribution < -0.4 is 15.4 Å². The standard InChI is InChI=1S/C20H19N3O6/c1-3-29-19(24)16-17(12-7-9-15(28-2)10-8-12)21-20(25)22-18(16)13-5-4-6-14(11-13)23(26)27/h4-11,18H,3H2,1-2H3,(H2,21,22,25). The van der Waals surface area contributed by atoms with Gasteiger partial charge in [-0.15, -0.1) is 0 Å². The van der Waals surface area contributed by atoms with Gasteiger partial charge < -0.3 is 20.1 Å². The van der Waals surface area contributed by atoms with E-state index in [0.29, 0.717) is 16.9 Å². The highest BCUT2D eigenvalue weighted by molar-refractivity contribution is 6.04. The summed E-state index contributed by atoms with van der Waals surface area (Å²) in [5.41, 5.74) is 1.23. The molecule has 0 spiro atoms. The van der Waals surface area contributed by atoms with Gasteiger partial charge in [-0.3, -0.25) is 10.1 Å². The maximum atomic E-state index is 12.8. The lowest BCUT2D eigenvalue weighted by atomic mass is 9.92. The highest BCUT2D eigenvalue weighted by Gasteiger charge is 2.35. The number of hydrogen-bond donors (Lipinski definition) is 2. The molecule has 150 valence electrons. The first-order chi connectivity index (χ1) is 13.9. The molecule has 1 heterocycles. The summed E-state index contributed by atoms with van der Waals surface area (Å²) in [6.45, 7) is 1.80. The quantitative estimate of drug-likeness (QED) is 0.439. The van der Waals surface area contributed by atoms with Crippen LogP contribution in [0.25, 0.3) is 5.70 Å². The summed E-state index contributed by atoms with van der Waals surface area (Å²) in [5.74, 6) is -0.0233. The fourth-order valence-corrected chi connectivity index (χ4v) is 3.05. The molecule has 0 aromatic heterocycles. The van der Waals surface area contributed by atoms with Crippen LogP contribution in [-0.4, -0.2) is 30.6 Å². The van der Waals surface area contributed by atoms with Gasteiger partial charge in [0, 0.05) is 12.1 Å². The fraction of sp³-hybridized carbons (Fsp3) is 0.200. The Bertz CT molecular complexity index is 984. The summed E-state index contributed by atoms with van der Waals surface area (Å²) in [5, 5.41) is 16.5. The highest BCUT2D eigenvalue weighted by Crippen LogP contribution is 2.33. The van der Waals surface area contributed by atoms with E-state index in [1.807, 2.05) is 0 Å².